The summed E-state index contributed by atoms with van der Waals surface area (Å²) in [6.07, 6.45) is 0. The predicted molar refractivity (Wildman–Crippen MR) is 84.8 cm³/mol. The van der Waals surface area contributed by atoms with Crippen molar-refractivity contribution in [3.05, 3.63) is 63.9 Å². The molecule has 0 saturated heterocycles. The van der Waals surface area contributed by atoms with Crippen LogP contribution in [-0.4, -0.2) is 11.9 Å². The molecule has 1 atom stereocenters. The summed E-state index contributed by atoms with van der Waals surface area (Å²) in [7, 11) is 1.98. The van der Waals surface area contributed by atoms with Crippen molar-refractivity contribution >= 4 is 21.6 Å². The lowest BCUT2D eigenvalue weighted by atomic mass is 10.1. The molecule has 2 aromatic carbocycles. The van der Waals surface area contributed by atoms with Crippen LogP contribution in [0.15, 0.2) is 46.9 Å². The zero-order valence-corrected chi connectivity index (χ0v) is 13.2. The van der Waals surface area contributed by atoms with Crippen LogP contribution in [0.1, 0.15) is 24.1 Å². The lowest BCUT2D eigenvalue weighted by Crippen LogP contribution is -2.22. The highest BCUT2D eigenvalue weighted by atomic mass is 79.9. The van der Waals surface area contributed by atoms with Crippen LogP contribution in [0.5, 0.6) is 0 Å². The Morgan fingerprint density at radius 1 is 1.25 bits per heavy atom. The molecule has 0 aromatic heterocycles. The Balaban J connectivity index is 2.15. The van der Waals surface area contributed by atoms with E-state index in [0.29, 0.717) is 12.1 Å². The number of halogens is 2. The molecule has 0 amide bonds. The Bertz CT molecular complexity index is 601. The molecule has 2 nitrogen and oxygen atoms in total. The van der Waals surface area contributed by atoms with Gasteiger partial charge in [-0.2, -0.15) is 0 Å². The Labute approximate surface area is 127 Å². The van der Waals surface area contributed by atoms with Crippen molar-refractivity contribution in [2.75, 3.05) is 12.8 Å². The van der Waals surface area contributed by atoms with E-state index >= 15 is 0 Å². The SMILES string of the molecule is CC(c1cccc(N)c1)N(C)Cc1cc(Br)ccc1F. The van der Waals surface area contributed by atoms with Gasteiger partial charge in [0.15, 0.2) is 0 Å². The summed E-state index contributed by atoms with van der Waals surface area (Å²) in [5.41, 5.74) is 8.36. The van der Waals surface area contributed by atoms with Crippen LogP contribution in [0.25, 0.3) is 0 Å². The standard InChI is InChI=1S/C16H18BrFN2/c1-11(12-4-3-5-15(19)9-12)20(2)10-13-8-14(17)6-7-16(13)18/h3-9,11H,10,19H2,1-2H3. The van der Waals surface area contributed by atoms with Gasteiger partial charge in [0.25, 0.3) is 0 Å². The van der Waals surface area contributed by atoms with Crippen molar-refractivity contribution in [2.24, 2.45) is 0 Å². The summed E-state index contributed by atoms with van der Waals surface area (Å²) in [6.45, 7) is 2.63. The van der Waals surface area contributed by atoms with E-state index in [9.17, 15) is 4.39 Å². The van der Waals surface area contributed by atoms with Crippen LogP contribution in [0.4, 0.5) is 10.1 Å². The second-order valence-electron chi connectivity index (χ2n) is 5.00. The van der Waals surface area contributed by atoms with Crippen LogP contribution in [-0.2, 0) is 6.54 Å². The second-order valence-corrected chi connectivity index (χ2v) is 5.91. The minimum atomic E-state index is -0.181. The number of rotatable bonds is 4. The van der Waals surface area contributed by atoms with E-state index in [4.69, 9.17) is 5.73 Å². The summed E-state index contributed by atoms with van der Waals surface area (Å²) in [5.74, 6) is -0.181. The third kappa shape index (κ3) is 3.58. The van der Waals surface area contributed by atoms with Crippen LogP contribution in [0.2, 0.25) is 0 Å². The lowest BCUT2D eigenvalue weighted by Gasteiger charge is -2.25. The van der Waals surface area contributed by atoms with Gasteiger partial charge in [0.2, 0.25) is 0 Å². The van der Waals surface area contributed by atoms with E-state index in [2.05, 4.69) is 27.8 Å². The summed E-state index contributed by atoms with van der Waals surface area (Å²) >= 11 is 3.38. The maximum atomic E-state index is 13.8. The third-order valence-electron chi connectivity index (χ3n) is 3.48. The Morgan fingerprint density at radius 2 is 2.00 bits per heavy atom. The number of benzene rings is 2. The first-order valence-corrected chi connectivity index (χ1v) is 7.26. The van der Waals surface area contributed by atoms with Crippen LogP contribution < -0.4 is 5.73 Å². The molecule has 20 heavy (non-hydrogen) atoms. The second kappa shape index (κ2) is 6.37. The predicted octanol–water partition coefficient (Wildman–Crippen LogP) is 4.36. The van der Waals surface area contributed by atoms with E-state index < -0.39 is 0 Å². The Kier molecular flexibility index (Phi) is 4.78. The summed E-state index contributed by atoms with van der Waals surface area (Å²) in [5, 5.41) is 0. The molecule has 0 saturated carbocycles. The van der Waals surface area contributed by atoms with Crippen molar-refractivity contribution in [3.63, 3.8) is 0 Å². The van der Waals surface area contributed by atoms with Gasteiger partial charge in [0, 0.05) is 28.3 Å². The molecule has 106 valence electrons. The molecule has 0 radical (unpaired) electrons. The molecule has 0 bridgehead atoms. The van der Waals surface area contributed by atoms with Gasteiger partial charge in [0.1, 0.15) is 5.82 Å². The summed E-state index contributed by atoms with van der Waals surface area (Å²) < 4.78 is 14.7. The molecular formula is C16H18BrFN2. The molecule has 0 fully saturated rings. The quantitative estimate of drug-likeness (QED) is 0.840. The molecule has 2 aromatic rings. The third-order valence-corrected chi connectivity index (χ3v) is 3.98. The zero-order valence-electron chi connectivity index (χ0n) is 11.6. The number of nitrogens with two attached hydrogens (primary N) is 1. The highest BCUT2D eigenvalue weighted by Crippen LogP contribution is 2.24. The molecule has 1 unspecified atom stereocenters. The smallest absolute Gasteiger partial charge is 0.127 e. The Hall–Kier alpha value is -1.39. The maximum Gasteiger partial charge on any atom is 0.127 e. The van der Waals surface area contributed by atoms with Crippen molar-refractivity contribution in [1.29, 1.82) is 0 Å². The van der Waals surface area contributed by atoms with Crippen molar-refractivity contribution in [1.82, 2.24) is 4.90 Å². The molecule has 0 aliphatic heterocycles. The molecule has 2 rings (SSSR count). The molecule has 4 heteroatoms. The van der Waals surface area contributed by atoms with Gasteiger partial charge in [-0.25, -0.2) is 4.39 Å². The minimum Gasteiger partial charge on any atom is -0.399 e. The summed E-state index contributed by atoms with van der Waals surface area (Å²) in [4.78, 5) is 2.10. The minimum absolute atomic E-state index is 0.164. The number of hydrogen-bond acceptors (Lipinski definition) is 2. The first-order chi connectivity index (χ1) is 9.47. The number of hydrogen-bond donors (Lipinski definition) is 1. The van der Waals surface area contributed by atoms with Gasteiger partial charge in [-0.15, -0.1) is 0 Å². The van der Waals surface area contributed by atoms with Gasteiger partial charge in [-0.3, -0.25) is 4.90 Å². The molecular weight excluding hydrogens is 319 g/mol. The fourth-order valence-electron chi connectivity index (χ4n) is 2.14. The maximum absolute atomic E-state index is 13.8. The first kappa shape index (κ1) is 15.0. The van der Waals surface area contributed by atoms with Crippen molar-refractivity contribution < 1.29 is 4.39 Å². The topological polar surface area (TPSA) is 29.3 Å². The Morgan fingerprint density at radius 3 is 2.70 bits per heavy atom. The van der Waals surface area contributed by atoms with Crippen LogP contribution >= 0.6 is 15.9 Å². The average molecular weight is 337 g/mol. The van der Waals surface area contributed by atoms with E-state index in [1.807, 2.05) is 37.4 Å². The van der Waals surface area contributed by atoms with Crippen LogP contribution in [0.3, 0.4) is 0 Å². The molecule has 0 aliphatic rings. The van der Waals surface area contributed by atoms with E-state index in [0.717, 1.165) is 15.7 Å². The lowest BCUT2D eigenvalue weighted by molar-refractivity contribution is 0.249. The average Bonchev–Trinajstić information content (AvgIpc) is 2.42. The van der Waals surface area contributed by atoms with Crippen molar-refractivity contribution in [3.8, 4) is 0 Å². The van der Waals surface area contributed by atoms with Crippen molar-refractivity contribution in [2.45, 2.75) is 19.5 Å². The van der Waals surface area contributed by atoms with E-state index in [1.54, 1.807) is 6.07 Å². The molecule has 2 N–H and O–H groups in total. The molecule has 0 spiro atoms. The van der Waals surface area contributed by atoms with Crippen LogP contribution in [0, 0.1) is 5.82 Å². The normalized spacial score (nSPS) is 12.7. The summed E-state index contributed by atoms with van der Waals surface area (Å²) in [6, 6.07) is 13.0. The highest BCUT2D eigenvalue weighted by molar-refractivity contribution is 9.10. The zero-order chi connectivity index (χ0) is 14.7. The number of nitrogen functional groups attached to an aromatic ring is 1. The van der Waals surface area contributed by atoms with Gasteiger partial charge in [-0.05, 0) is 49.9 Å². The van der Waals surface area contributed by atoms with Gasteiger partial charge in [-0.1, -0.05) is 28.1 Å². The monoisotopic (exact) mass is 336 g/mol. The largest absolute Gasteiger partial charge is 0.399 e. The number of anilines is 1. The fraction of sp³-hybridized carbons (Fsp3) is 0.250. The molecule has 0 heterocycles. The first-order valence-electron chi connectivity index (χ1n) is 6.47. The fourth-order valence-corrected chi connectivity index (χ4v) is 2.55. The van der Waals surface area contributed by atoms with Gasteiger partial charge in [0.05, 0.1) is 0 Å². The van der Waals surface area contributed by atoms with Gasteiger partial charge >= 0.3 is 0 Å². The molecule has 0 aliphatic carbocycles. The highest BCUT2D eigenvalue weighted by Gasteiger charge is 2.14. The number of nitrogens with zero attached hydrogens (tertiary/aromatic N) is 1. The van der Waals surface area contributed by atoms with E-state index in [-0.39, 0.29) is 11.9 Å². The van der Waals surface area contributed by atoms with Gasteiger partial charge < -0.3 is 5.73 Å². The van der Waals surface area contributed by atoms with E-state index in [1.165, 1.54) is 6.07 Å².